The molecule has 0 amide bonds. The number of carbonyl (C=O) groups excluding carboxylic acids is 1. The highest BCUT2D eigenvalue weighted by molar-refractivity contribution is 7.64. The van der Waals surface area contributed by atoms with Gasteiger partial charge in [0.1, 0.15) is 17.5 Å². The van der Waals surface area contributed by atoms with E-state index < -0.39 is 13.6 Å². The third kappa shape index (κ3) is 5.08. The highest BCUT2D eigenvalue weighted by Crippen LogP contribution is 2.54. The van der Waals surface area contributed by atoms with E-state index in [0.29, 0.717) is 37.0 Å². The highest BCUT2D eigenvalue weighted by atomic mass is 31.2. The average Bonchev–Trinajstić information content (AvgIpc) is 2.73. The molecule has 1 aliphatic heterocycles. The molecule has 7 heteroatoms. The second kappa shape index (κ2) is 9.57. The van der Waals surface area contributed by atoms with Crippen LogP contribution in [0.3, 0.4) is 0 Å². The Bertz CT molecular complexity index is 853. The fourth-order valence-electron chi connectivity index (χ4n) is 3.43. The molecule has 1 aliphatic rings. The van der Waals surface area contributed by atoms with Crippen LogP contribution in [0.15, 0.2) is 54.6 Å². The summed E-state index contributed by atoms with van der Waals surface area (Å²) in [6.45, 7) is 4.97. The smallest absolute Gasteiger partial charge is 0.323 e. The Labute approximate surface area is 172 Å². The summed E-state index contributed by atoms with van der Waals surface area (Å²) in [5.74, 6) is 1.23. The second-order valence-corrected chi connectivity index (χ2v) is 9.78. The number of hydrogen-bond donors (Lipinski definition) is 0. The lowest BCUT2D eigenvalue weighted by Crippen LogP contribution is -2.45. The van der Waals surface area contributed by atoms with Crippen LogP contribution >= 0.6 is 7.52 Å². The summed E-state index contributed by atoms with van der Waals surface area (Å²) in [7, 11) is -2.02. The van der Waals surface area contributed by atoms with E-state index in [-0.39, 0.29) is 11.9 Å². The van der Waals surface area contributed by atoms with Crippen LogP contribution in [-0.2, 0) is 18.6 Å². The molecular formula is C22H28NO5P. The molecule has 0 saturated carbocycles. The van der Waals surface area contributed by atoms with Gasteiger partial charge in [0.25, 0.3) is 0 Å². The van der Waals surface area contributed by atoms with Crippen LogP contribution in [0.4, 0.5) is 0 Å². The van der Waals surface area contributed by atoms with Gasteiger partial charge in [-0.15, -0.1) is 0 Å². The predicted molar refractivity (Wildman–Crippen MR) is 113 cm³/mol. The number of methoxy groups -OCH3 is 1. The van der Waals surface area contributed by atoms with Gasteiger partial charge in [0.2, 0.25) is 0 Å². The van der Waals surface area contributed by atoms with Gasteiger partial charge in [0, 0.05) is 6.54 Å². The van der Waals surface area contributed by atoms with Crippen molar-refractivity contribution >= 4 is 18.8 Å². The van der Waals surface area contributed by atoms with Crippen LogP contribution in [0, 0.1) is 5.92 Å². The third-order valence-electron chi connectivity index (χ3n) is 4.81. The van der Waals surface area contributed by atoms with Crippen LogP contribution in [-0.4, -0.2) is 36.9 Å². The molecule has 1 heterocycles. The number of carbonyl (C=O) groups is 1. The van der Waals surface area contributed by atoms with Crippen molar-refractivity contribution in [1.29, 1.82) is 0 Å². The van der Waals surface area contributed by atoms with Crippen LogP contribution < -0.4 is 10.0 Å². The van der Waals surface area contributed by atoms with E-state index in [1.54, 1.807) is 28.9 Å². The lowest BCUT2D eigenvalue weighted by Gasteiger charge is -2.39. The first-order chi connectivity index (χ1) is 13.9. The zero-order valence-electron chi connectivity index (χ0n) is 17.1. The number of hydrogen-bond acceptors (Lipinski definition) is 5. The maximum Gasteiger partial charge on any atom is 0.323 e. The van der Waals surface area contributed by atoms with Crippen molar-refractivity contribution in [3.63, 3.8) is 0 Å². The minimum Gasteiger partial charge on any atom is -0.468 e. The maximum atomic E-state index is 13.9. The van der Waals surface area contributed by atoms with Crippen LogP contribution in [0.25, 0.3) is 0 Å². The molecule has 1 saturated heterocycles. The van der Waals surface area contributed by atoms with E-state index in [4.69, 9.17) is 14.0 Å². The Balaban J connectivity index is 1.87. The van der Waals surface area contributed by atoms with E-state index in [1.165, 1.54) is 7.11 Å². The van der Waals surface area contributed by atoms with Gasteiger partial charge in [-0.3, -0.25) is 9.36 Å². The first-order valence-corrected chi connectivity index (χ1v) is 11.4. The molecule has 2 atom stereocenters. The SMILES string of the molecule is COC(=O)[C@@H](CC(C)C)N1CCCOP1(=O)c1ccc(Oc2ccccc2)cc1. The zero-order valence-corrected chi connectivity index (χ0v) is 18.0. The molecule has 0 aromatic heterocycles. The molecule has 6 nitrogen and oxygen atoms in total. The Morgan fingerprint density at radius 1 is 1.10 bits per heavy atom. The van der Waals surface area contributed by atoms with Crippen LogP contribution in [0.5, 0.6) is 11.5 Å². The monoisotopic (exact) mass is 417 g/mol. The molecule has 0 aliphatic carbocycles. The molecule has 2 aromatic rings. The van der Waals surface area contributed by atoms with Gasteiger partial charge in [0.15, 0.2) is 0 Å². The number of benzene rings is 2. The van der Waals surface area contributed by atoms with Crippen molar-refractivity contribution in [3.05, 3.63) is 54.6 Å². The Morgan fingerprint density at radius 2 is 1.76 bits per heavy atom. The fourth-order valence-corrected chi connectivity index (χ4v) is 5.89. The topological polar surface area (TPSA) is 65.1 Å². The summed E-state index contributed by atoms with van der Waals surface area (Å²) >= 11 is 0. The van der Waals surface area contributed by atoms with Crippen molar-refractivity contribution in [2.45, 2.75) is 32.7 Å². The molecule has 3 rings (SSSR count). The lowest BCUT2D eigenvalue weighted by atomic mass is 10.0. The fraction of sp³-hybridized carbons (Fsp3) is 0.409. The summed E-state index contributed by atoms with van der Waals surface area (Å²) in [5.41, 5.74) is 0. The van der Waals surface area contributed by atoms with Gasteiger partial charge in [0.05, 0.1) is 19.0 Å². The maximum absolute atomic E-state index is 13.9. The van der Waals surface area contributed by atoms with Gasteiger partial charge in [-0.25, -0.2) is 4.67 Å². The summed E-state index contributed by atoms with van der Waals surface area (Å²) in [6.07, 6.45) is 1.26. The summed E-state index contributed by atoms with van der Waals surface area (Å²) < 4.78 is 32.3. The average molecular weight is 417 g/mol. The van der Waals surface area contributed by atoms with Gasteiger partial charge < -0.3 is 14.0 Å². The molecule has 1 fully saturated rings. The minimum absolute atomic E-state index is 0.246. The molecule has 0 spiro atoms. The normalized spacial score (nSPS) is 21.0. The molecule has 156 valence electrons. The van der Waals surface area contributed by atoms with E-state index in [9.17, 15) is 9.36 Å². The van der Waals surface area contributed by atoms with E-state index in [2.05, 4.69) is 0 Å². The number of rotatable bonds is 7. The Morgan fingerprint density at radius 3 is 2.38 bits per heavy atom. The Hall–Kier alpha value is -2.14. The summed E-state index contributed by atoms with van der Waals surface area (Å²) in [4.78, 5) is 12.5. The first-order valence-electron chi connectivity index (χ1n) is 9.87. The number of ether oxygens (including phenoxy) is 2. The molecule has 0 radical (unpaired) electrons. The van der Waals surface area contributed by atoms with Gasteiger partial charge in [-0.05, 0) is 55.2 Å². The predicted octanol–water partition coefficient (Wildman–Crippen LogP) is 4.61. The molecule has 29 heavy (non-hydrogen) atoms. The standard InChI is InChI=1S/C22H28NO5P/c1-17(2)16-21(22(24)26-3)23-14-7-15-27-29(23,25)20-12-10-19(11-13-20)28-18-8-5-4-6-9-18/h4-6,8-13,17,21H,7,14-16H2,1-3H3/t21-,29?/m1/s1. The molecule has 0 bridgehead atoms. The van der Waals surface area contributed by atoms with Crippen LogP contribution in [0.2, 0.25) is 0 Å². The van der Waals surface area contributed by atoms with Crippen LogP contribution in [0.1, 0.15) is 26.7 Å². The second-order valence-electron chi connectivity index (χ2n) is 7.45. The van der Waals surface area contributed by atoms with Crippen molar-refractivity contribution in [2.75, 3.05) is 20.3 Å². The highest BCUT2D eigenvalue weighted by Gasteiger charge is 2.44. The number of nitrogens with zero attached hydrogens (tertiary/aromatic N) is 1. The lowest BCUT2D eigenvalue weighted by molar-refractivity contribution is -0.146. The van der Waals surface area contributed by atoms with E-state index in [1.807, 2.05) is 44.2 Å². The van der Waals surface area contributed by atoms with Gasteiger partial charge in [-0.2, -0.15) is 0 Å². The first kappa shape index (κ1) is 21.6. The summed E-state index contributed by atoms with van der Waals surface area (Å²) in [6, 6.07) is 15.9. The largest absolute Gasteiger partial charge is 0.468 e. The quantitative estimate of drug-likeness (QED) is 0.484. The summed E-state index contributed by atoms with van der Waals surface area (Å²) in [5, 5.41) is 0.551. The zero-order chi connectivity index (χ0) is 20.9. The van der Waals surface area contributed by atoms with Crippen molar-refractivity contribution < 1.29 is 23.4 Å². The molecule has 0 N–H and O–H groups in total. The van der Waals surface area contributed by atoms with Crippen molar-refractivity contribution in [2.24, 2.45) is 5.92 Å². The van der Waals surface area contributed by atoms with Gasteiger partial charge >= 0.3 is 13.5 Å². The molecule has 2 aromatic carbocycles. The van der Waals surface area contributed by atoms with E-state index >= 15 is 0 Å². The minimum atomic E-state index is -3.38. The Kier molecular flexibility index (Phi) is 7.12. The van der Waals surface area contributed by atoms with Crippen molar-refractivity contribution in [1.82, 2.24) is 4.67 Å². The van der Waals surface area contributed by atoms with Gasteiger partial charge in [-0.1, -0.05) is 32.0 Å². The molecule has 1 unspecified atom stereocenters. The number of para-hydroxylation sites is 1. The van der Waals surface area contributed by atoms with Crippen molar-refractivity contribution in [3.8, 4) is 11.5 Å². The number of esters is 1. The van der Waals surface area contributed by atoms with E-state index in [0.717, 1.165) is 5.75 Å². The molecular weight excluding hydrogens is 389 g/mol. The third-order valence-corrected chi connectivity index (χ3v) is 7.44.